The zero-order valence-electron chi connectivity index (χ0n) is 12.4. The molecule has 3 N–H and O–H groups in total. The third-order valence-corrected chi connectivity index (χ3v) is 3.34. The minimum absolute atomic E-state index is 0.152. The first kappa shape index (κ1) is 14.7. The largest absolute Gasteiger partial charge is 0.497 e. The van der Waals surface area contributed by atoms with Crippen molar-refractivity contribution in [2.45, 2.75) is 0 Å². The number of hydrogen-bond acceptors (Lipinski definition) is 4. The van der Waals surface area contributed by atoms with E-state index in [-0.39, 0.29) is 5.91 Å². The molecule has 0 aliphatic heterocycles. The van der Waals surface area contributed by atoms with Gasteiger partial charge in [-0.15, -0.1) is 0 Å². The van der Waals surface area contributed by atoms with E-state index in [9.17, 15) is 4.79 Å². The van der Waals surface area contributed by atoms with Crippen LogP contribution in [0.15, 0.2) is 42.5 Å². The van der Waals surface area contributed by atoms with Crippen molar-refractivity contribution in [3.63, 3.8) is 0 Å². The molecule has 2 rings (SSSR count). The third-order valence-electron chi connectivity index (χ3n) is 3.34. The van der Waals surface area contributed by atoms with E-state index in [1.165, 1.54) is 0 Å². The lowest BCUT2D eigenvalue weighted by atomic mass is 10.1. The summed E-state index contributed by atoms with van der Waals surface area (Å²) >= 11 is 0. The molecular formula is C16H19N3O2. The summed E-state index contributed by atoms with van der Waals surface area (Å²) < 4.78 is 5.15. The molecule has 0 atom stereocenters. The van der Waals surface area contributed by atoms with Crippen LogP contribution in [0.1, 0.15) is 10.4 Å². The Labute approximate surface area is 124 Å². The van der Waals surface area contributed by atoms with Gasteiger partial charge >= 0.3 is 0 Å². The van der Waals surface area contributed by atoms with Crippen molar-refractivity contribution in [3.05, 3.63) is 48.0 Å². The smallest absolute Gasteiger partial charge is 0.251 e. The molecule has 110 valence electrons. The van der Waals surface area contributed by atoms with E-state index >= 15 is 0 Å². The number of nitrogens with one attached hydrogen (secondary N) is 1. The Morgan fingerprint density at radius 2 is 1.86 bits per heavy atom. The summed E-state index contributed by atoms with van der Waals surface area (Å²) in [6.45, 7) is 0. The molecule has 0 radical (unpaired) electrons. The van der Waals surface area contributed by atoms with E-state index in [0.29, 0.717) is 11.3 Å². The van der Waals surface area contributed by atoms with Crippen LogP contribution >= 0.6 is 0 Å². The van der Waals surface area contributed by atoms with Crippen molar-refractivity contribution < 1.29 is 9.53 Å². The fourth-order valence-corrected chi connectivity index (χ4v) is 2.09. The topological polar surface area (TPSA) is 67.6 Å². The number of benzene rings is 2. The van der Waals surface area contributed by atoms with Crippen molar-refractivity contribution in [2.24, 2.45) is 0 Å². The number of carbonyl (C=O) groups excluding carboxylic acids is 1. The SMILES string of the molecule is CNC(=O)c1ccc(N(C)c2ccc(OC)cc2)c(N)c1. The fraction of sp³-hybridized carbons (Fsp3) is 0.188. The zero-order valence-corrected chi connectivity index (χ0v) is 12.4. The Hall–Kier alpha value is -2.69. The average molecular weight is 285 g/mol. The number of carbonyl (C=O) groups is 1. The Morgan fingerprint density at radius 3 is 2.38 bits per heavy atom. The molecule has 0 spiro atoms. The predicted molar refractivity (Wildman–Crippen MR) is 85.3 cm³/mol. The van der Waals surface area contributed by atoms with Gasteiger partial charge in [0.25, 0.3) is 5.91 Å². The Morgan fingerprint density at radius 1 is 1.19 bits per heavy atom. The average Bonchev–Trinajstić information content (AvgIpc) is 2.53. The molecule has 0 aliphatic carbocycles. The van der Waals surface area contributed by atoms with Crippen LogP contribution in [0.4, 0.5) is 17.1 Å². The van der Waals surface area contributed by atoms with Gasteiger partial charge in [-0.3, -0.25) is 4.79 Å². The molecule has 0 aromatic heterocycles. The Balaban J connectivity index is 2.30. The van der Waals surface area contributed by atoms with E-state index in [4.69, 9.17) is 10.5 Å². The lowest BCUT2D eigenvalue weighted by Gasteiger charge is -2.22. The monoisotopic (exact) mass is 285 g/mol. The first-order valence-electron chi connectivity index (χ1n) is 6.56. The number of methoxy groups -OCH3 is 1. The summed E-state index contributed by atoms with van der Waals surface area (Å²) in [5.74, 6) is 0.649. The van der Waals surface area contributed by atoms with Crippen molar-refractivity contribution in [2.75, 3.05) is 31.8 Å². The van der Waals surface area contributed by atoms with Gasteiger partial charge in [0.05, 0.1) is 18.5 Å². The van der Waals surface area contributed by atoms with Gasteiger partial charge in [0.15, 0.2) is 0 Å². The second-order valence-electron chi connectivity index (χ2n) is 4.61. The van der Waals surface area contributed by atoms with Crippen molar-refractivity contribution in [1.82, 2.24) is 5.32 Å². The first-order chi connectivity index (χ1) is 10.1. The molecule has 0 bridgehead atoms. The molecule has 0 unspecified atom stereocenters. The van der Waals surface area contributed by atoms with Crippen LogP contribution in [-0.4, -0.2) is 27.1 Å². The van der Waals surface area contributed by atoms with Gasteiger partial charge in [0, 0.05) is 25.3 Å². The number of nitrogens with zero attached hydrogens (tertiary/aromatic N) is 1. The van der Waals surface area contributed by atoms with Crippen LogP contribution in [0.5, 0.6) is 5.75 Å². The summed E-state index contributed by atoms with van der Waals surface area (Å²) in [5, 5.41) is 2.58. The van der Waals surface area contributed by atoms with Crippen LogP contribution in [0.3, 0.4) is 0 Å². The summed E-state index contributed by atoms with van der Waals surface area (Å²) in [5.41, 5.74) is 8.98. The maximum atomic E-state index is 11.6. The fourth-order valence-electron chi connectivity index (χ4n) is 2.09. The van der Waals surface area contributed by atoms with Gasteiger partial charge in [-0.25, -0.2) is 0 Å². The van der Waals surface area contributed by atoms with Crippen LogP contribution in [-0.2, 0) is 0 Å². The Bertz CT molecular complexity index is 638. The molecule has 5 heteroatoms. The van der Waals surface area contributed by atoms with Crippen LogP contribution in [0.25, 0.3) is 0 Å². The van der Waals surface area contributed by atoms with Gasteiger partial charge < -0.3 is 20.7 Å². The van der Waals surface area contributed by atoms with Gasteiger partial charge in [-0.05, 0) is 42.5 Å². The highest BCUT2D eigenvalue weighted by Crippen LogP contribution is 2.30. The highest BCUT2D eigenvalue weighted by molar-refractivity contribution is 5.96. The van der Waals surface area contributed by atoms with Crippen LogP contribution < -0.4 is 20.7 Å². The molecule has 0 fully saturated rings. The molecule has 0 heterocycles. The maximum Gasteiger partial charge on any atom is 0.251 e. The van der Waals surface area contributed by atoms with Crippen molar-refractivity contribution in [3.8, 4) is 5.75 Å². The molecule has 5 nitrogen and oxygen atoms in total. The van der Waals surface area contributed by atoms with Crippen LogP contribution in [0, 0.1) is 0 Å². The number of rotatable bonds is 4. The highest BCUT2D eigenvalue weighted by atomic mass is 16.5. The number of ether oxygens (including phenoxy) is 1. The number of nitrogen functional groups attached to an aromatic ring is 1. The molecule has 0 saturated carbocycles. The van der Waals surface area contributed by atoms with E-state index < -0.39 is 0 Å². The second kappa shape index (κ2) is 6.17. The summed E-state index contributed by atoms with van der Waals surface area (Å²) in [7, 11) is 5.15. The van der Waals surface area contributed by atoms with E-state index in [1.807, 2.05) is 42.3 Å². The minimum Gasteiger partial charge on any atom is -0.497 e. The van der Waals surface area contributed by atoms with Gasteiger partial charge in [-0.1, -0.05) is 0 Å². The van der Waals surface area contributed by atoms with Crippen LogP contribution in [0.2, 0.25) is 0 Å². The maximum absolute atomic E-state index is 11.6. The van der Waals surface area contributed by atoms with E-state index in [0.717, 1.165) is 17.1 Å². The van der Waals surface area contributed by atoms with Gasteiger partial charge in [0.1, 0.15) is 5.75 Å². The van der Waals surface area contributed by atoms with Crippen molar-refractivity contribution >= 4 is 23.0 Å². The normalized spacial score (nSPS) is 10.0. The number of hydrogen-bond donors (Lipinski definition) is 2. The number of amides is 1. The number of anilines is 3. The van der Waals surface area contributed by atoms with Gasteiger partial charge in [-0.2, -0.15) is 0 Å². The lowest BCUT2D eigenvalue weighted by molar-refractivity contribution is 0.0963. The first-order valence-corrected chi connectivity index (χ1v) is 6.56. The third kappa shape index (κ3) is 3.08. The number of nitrogens with two attached hydrogens (primary N) is 1. The second-order valence-corrected chi connectivity index (χ2v) is 4.61. The van der Waals surface area contributed by atoms with Gasteiger partial charge in [0.2, 0.25) is 0 Å². The molecule has 2 aromatic carbocycles. The van der Waals surface area contributed by atoms with Crippen molar-refractivity contribution in [1.29, 1.82) is 0 Å². The lowest BCUT2D eigenvalue weighted by Crippen LogP contribution is -2.18. The summed E-state index contributed by atoms with van der Waals surface area (Å²) in [4.78, 5) is 13.6. The minimum atomic E-state index is -0.152. The molecule has 21 heavy (non-hydrogen) atoms. The summed E-state index contributed by atoms with van der Waals surface area (Å²) in [6.07, 6.45) is 0. The molecule has 1 amide bonds. The van der Waals surface area contributed by atoms with E-state index in [1.54, 1.807) is 26.3 Å². The zero-order chi connectivity index (χ0) is 15.4. The van der Waals surface area contributed by atoms with E-state index in [2.05, 4.69) is 5.32 Å². The quantitative estimate of drug-likeness (QED) is 0.847. The summed E-state index contributed by atoms with van der Waals surface area (Å²) in [6, 6.07) is 12.9. The Kier molecular flexibility index (Phi) is 4.33. The molecule has 2 aromatic rings. The predicted octanol–water partition coefficient (Wildman–Crippen LogP) is 2.40. The molecule has 0 aliphatic rings. The molecular weight excluding hydrogens is 266 g/mol. The highest BCUT2D eigenvalue weighted by Gasteiger charge is 2.11. The standard InChI is InChI=1S/C16H19N3O2/c1-18-16(20)11-4-9-15(14(17)10-11)19(2)12-5-7-13(21-3)8-6-12/h4-10H,17H2,1-3H3,(H,18,20). The molecule has 0 saturated heterocycles.